The van der Waals surface area contributed by atoms with Crippen LogP contribution in [0.2, 0.25) is 0 Å². The predicted octanol–water partition coefficient (Wildman–Crippen LogP) is 6.53. The molecule has 3 rings (SSSR count). The standard InChI is InChI=1S/C18H12BI3S3/c20-23-16-7-1-13(2-8-16)19(14-3-9-17(24-21)10-4-14)15-5-11-18(25-22)12-6-15/h1-12H. The highest BCUT2D eigenvalue weighted by Crippen LogP contribution is 2.25. The number of halogens is 3. The highest BCUT2D eigenvalue weighted by molar-refractivity contribution is 14.2. The number of hydrogen-bond acceptors (Lipinski definition) is 3. The van der Waals surface area contributed by atoms with Crippen LogP contribution in [0.5, 0.6) is 0 Å². The molecule has 0 aromatic heterocycles. The van der Waals surface area contributed by atoms with Crippen molar-refractivity contribution in [2.24, 2.45) is 0 Å². The van der Waals surface area contributed by atoms with Gasteiger partial charge in [0.1, 0.15) is 0 Å². The topological polar surface area (TPSA) is 0 Å². The van der Waals surface area contributed by atoms with E-state index in [2.05, 4.69) is 136 Å². The molecule has 0 aliphatic carbocycles. The summed E-state index contributed by atoms with van der Waals surface area (Å²) in [7, 11) is 5.26. The summed E-state index contributed by atoms with van der Waals surface area (Å²) in [5.74, 6) is 0. The smallest absolute Gasteiger partial charge is 0.0686 e. The van der Waals surface area contributed by atoms with E-state index in [1.54, 1.807) is 26.8 Å². The van der Waals surface area contributed by atoms with Crippen molar-refractivity contribution in [2.75, 3.05) is 0 Å². The third-order valence-corrected chi connectivity index (χ3v) is 9.84. The molecule has 25 heavy (non-hydrogen) atoms. The summed E-state index contributed by atoms with van der Waals surface area (Å²) in [6.07, 6.45) is 0. The molecule has 0 nitrogen and oxygen atoms in total. The summed E-state index contributed by atoms with van der Waals surface area (Å²) in [5.41, 5.74) is 4.00. The highest BCUT2D eigenvalue weighted by Gasteiger charge is 2.21. The second kappa shape index (κ2) is 10.5. The summed E-state index contributed by atoms with van der Waals surface area (Å²) in [6, 6.07) is 26.8. The molecule has 0 unspecified atom stereocenters. The van der Waals surface area contributed by atoms with Gasteiger partial charge in [0.25, 0.3) is 0 Å². The Morgan fingerprint density at radius 2 is 0.680 bits per heavy atom. The Hall–Kier alpha value is 0.965. The molecule has 0 bridgehead atoms. The van der Waals surface area contributed by atoms with Crippen molar-refractivity contribution >= 4 is 114 Å². The van der Waals surface area contributed by atoms with Crippen LogP contribution in [-0.4, -0.2) is 6.71 Å². The van der Waals surface area contributed by atoms with Crippen molar-refractivity contribution in [3.63, 3.8) is 0 Å². The van der Waals surface area contributed by atoms with Gasteiger partial charge in [0.15, 0.2) is 0 Å². The van der Waals surface area contributed by atoms with Crippen LogP contribution < -0.4 is 16.4 Å². The largest absolute Gasteiger partial charge is 0.241 e. The zero-order valence-corrected chi connectivity index (χ0v) is 21.8. The van der Waals surface area contributed by atoms with Crippen molar-refractivity contribution in [1.29, 1.82) is 0 Å². The normalized spacial score (nSPS) is 10.7. The Bertz CT molecular complexity index is 696. The summed E-state index contributed by atoms with van der Waals surface area (Å²) < 4.78 is 0. The second-order valence-corrected chi connectivity index (χ2v) is 11.2. The van der Waals surface area contributed by atoms with Gasteiger partial charge in [-0.15, -0.1) is 0 Å². The zero-order valence-electron chi connectivity index (χ0n) is 12.9. The summed E-state index contributed by atoms with van der Waals surface area (Å²) >= 11 is 6.99. The number of hydrogen-bond donors (Lipinski definition) is 0. The summed E-state index contributed by atoms with van der Waals surface area (Å²) in [4.78, 5) is 3.87. The maximum absolute atomic E-state index is 2.33. The van der Waals surface area contributed by atoms with Crippen LogP contribution in [0, 0.1) is 0 Å². The van der Waals surface area contributed by atoms with Gasteiger partial charge in [-0.2, -0.15) is 0 Å². The lowest BCUT2D eigenvalue weighted by atomic mass is 9.37. The lowest BCUT2D eigenvalue weighted by molar-refractivity contribution is 1.48. The predicted molar refractivity (Wildman–Crippen MR) is 144 cm³/mol. The quantitative estimate of drug-likeness (QED) is 0.211. The Balaban J connectivity index is 2.04. The second-order valence-electron chi connectivity index (χ2n) is 5.37. The zero-order chi connectivity index (χ0) is 17.6. The maximum Gasteiger partial charge on any atom is 0.241 e. The fraction of sp³-hybridized carbons (Fsp3) is 0. The molecule has 3 aromatic rings. The van der Waals surface area contributed by atoms with Crippen LogP contribution in [0.25, 0.3) is 0 Å². The van der Waals surface area contributed by atoms with E-state index in [1.807, 2.05) is 0 Å². The van der Waals surface area contributed by atoms with Gasteiger partial charge in [-0.3, -0.25) is 0 Å². The first-order valence-corrected chi connectivity index (χ1v) is 17.5. The lowest BCUT2D eigenvalue weighted by Gasteiger charge is -2.16. The summed E-state index contributed by atoms with van der Waals surface area (Å²) in [6.45, 7) is 0.259. The van der Waals surface area contributed by atoms with Crippen LogP contribution in [0.4, 0.5) is 0 Å². The van der Waals surface area contributed by atoms with Gasteiger partial charge in [0, 0.05) is 78.3 Å². The number of rotatable bonds is 6. The SMILES string of the molecule is ISc1ccc(B(c2ccc(SI)cc2)c2ccc(SI)cc2)cc1. The van der Waals surface area contributed by atoms with Gasteiger partial charge >= 0.3 is 0 Å². The fourth-order valence-corrected chi connectivity index (χ4v) is 6.07. The van der Waals surface area contributed by atoms with Gasteiger partial charge in [-0.05, 0) is 36.4 Å². The molecule has 0 spiro atoms. The first-order valence-electron chi connectivity index (χ1n) is 7.41. The van der Waals surface area contributed by atoms with Crippen molar-refractivity contribution in [1.82, 2.24) is 0 Å². The maximum atomic E-state index is 2.33. The molecule has 0 fully saturated rings. The molecule has 0 saturated heterocycles. The molecular weight excluding hydrogens is 704 g/mol. The average molecular weight is 716 g/mol. The van der Waals surface area contributed by atoms with Gasteiger partial charge in [-0.1, -0.05) is 79.6 Å². The first-order chi connectivity index (χ1) is 12.2. The molecular formula is C18H12BI3S3. The molecule has 0 saturated carbocycles. The lowest BCUT2D eigenvalue weighted by Crippen LogP contribution is -2.51. The highest BCUT2D eigenvalue weighted by atomic mass is 127. The molecule has 3 aromatic carbocycles. The molecule has 0 aliphatic heterocycles. The van der Waals surface area contributed by atoms with E-state index in [1.165, 1.54) is 31.1 Å². The molecule has 0 heterocycles. The van der Waals surface area contributed by atoms with Crippen LogP contribution in [-0.2, 0) is 0 Å². The van der Waals surface area contributed by atoms with E-state index in [-0.39, 0.29) is 6.71 Å². The van der Waals surface area contributed by atoms with Crippen LogP contribution in [0.3, 0.4) is 0 Å². The van der Waals surface area contributed by atoms with E-state index in [0.29, 0.717) is 0 Å². The summed E-state index contributed by atoms with van der Waals surface area (Å²) in [5, 5.41) is 0. The van der Waals surface area contributed by atoms with Crippen molar-refractivity contribution in [3.8, 4) is 0 Å². The van der Waals surface area contributed by atoms with Crippen LogP contribution in [0.15, 0.2) is 87.5 Å². The van der Waals surface area contributed by atoms with Gasteiger partial charge in [0.05, 0.1) is 0 Å². The van der Waals surface area contributed by atoms with E-state index in [9.17, 15) is 0 Å². The minimum Gasteiger partial charge on any atom is -0.0686 e. The minimum atomic E-state index is 0.259. The van der Waals surface area contributed by atoms with E-state index in [0.717, 1.165) is 0 Å². The average Bonchev–Trinajstić information content (AvgIpc) is 2.70. The molecule has 0 N–H and O–H groups in total. The number of benzene rings is 3. The van der Waals surface area contributed by atoms with Gasteiger partial charge in [0.2, 0.25) is 6.71 Å². The molecule has 0 radical (unpaired) electrons. The van der Waals surface area contributed by atoms with Crippen molar-refractivity contribution in [3.05, 3.63) is 72.8 Å². The van der Waals surface area contributed by atoms with Crippen molar-refractivity contribution in [2.45, 2.75) is 14.7 Å². The molecule has 0 aliphatic rings. The van der Waals surface area contributed by atoms with E-state index >= 15 is 0 Å². The third-order valence-electron chi connectivity index (χ3n) is 3.91. The molecule has 0 atom stereocenters. The monoisotopic (exact) mass is 716 g/mol. The van der Waals surface area contributed by atoms with Crippen LogP contribution in [0.1, 0.15) is 0 Å². The van der Waals surface area contributed by atoms with E-state index < -0.39 is 0 Å². The Morgan fingerprint density at radius 1 is 0.440 bits per heavy atom. The van der Waals surface area contributed by atoms with Gasteiger partial charge < -0.3 is 0 Å². The Kier molecular flexibility index (Phi) is 8.69. The molecule has 7 heteroatoms. The minimum absolute atomic E-state index is 0.259. The fourth-order valence-electron chi connectivity index (χ4n) is 2.71. The Labute approximate surface area is 198 Å². The first kappa shape index (κ1) is 20.7. The molecule has 126 valence electrons. The van der Waals surface area contributed by atoms with E-state index in [4.69, 9.17) is 0 Å². The Morgan fingerprint density at radius 3 is 0.880 bits per heavy atom. The van der Waals surface area contributed by atoms with Gasteiger partial charge in [-0.25, -0.2) is 0 Å². The molecule has 0 amide bonds. The van der Waals surface area contributed by atoms with Crippen LogP contribution >= 0.6 is 90.4 Å². The van der Waals surface area contributed by atoms with Crippen molar-refractivity contribution < 1.29 is 0 Å². The third kappa shape index (κ3) is 5.49.